The van der Waals surface area contributed by atoms with Gasteiger partial charge in [-0.05, 0) is 39.8 Å². The molecule has 2 rings (SSSR count). The van der Waals surface area contributed by atoms with Gasteiger partial charge in [-0.25, -0.2) is 9.78 Å². The molecule has 1 heterocycles. The van der Waals surface area contributed by atoms with Crippen LogP contribution in [0.15, 0.2) is 40.5 Å². The highest BCUT2D eigenvalue weighted by molar-refractivity contribution is 7.89. The molecular formula is C16H20N4O4S2. The largest absolute Gasteiger partial charge is 0.444 e. The molecule has 1 amide bonds. The van der Waals surface area contributed by atoms with Gasteiger partial charge in [0, 0.05) is 0 Å². The monoisotopic (exact) mass is 396 g/mol. The number of nitrogens with zero attached hydrogens (tertiary/aromatic N) is 2. The summed E-state index contributed by atoms with van der Waals surface area (Å²) < 4.78 is 29.3. The maximum atomic E-state index is 12.1. The first-order chi connectivity index (χ1) is 12.0. The highest BCUT2D eigenvalue weighted by atomic mass is 32.2. The smallest absolute Gasteiger partial charge is 0.412 e. The van der Waals surface area contributed by atoms with Crippen LogP contribution in [0.1, 0.15) is 31.3 Å². The second-order valence-electron chi connectivity index (χ2n) is 6.36. The predicted molar refractivity (Wildman–Crippen MR) is 101 cm³/mol. The molecule has 0 aliphatic heterocycles. The van der Waals surface area contributed by atoms with Crippen LogP contribution in [0.4, 0.5) is 9.80 Å². The number of thiazole rings is 1. The van der Waals surface area contributed by atoms with Gasteiger partial charge in [-0.15, -0.1) is 0 Å². The summed E-state index contributed by atoms with van der Waals surface area (Å²) in [6.07, 6.45) is 2.10. The van der Waals surface area contributed by atoms with E-state index in [2.05, 4.69) is 20.2 Å². The molecular weight excluding hydrogens is 376 g/mol. The van der Waals surface area contributed by atoms with Gasteiger partial charge in [-0.3, -0.25) is 5.32 Å². The van der Waals surface area contributed by atoms with E-state index in [1.54, 1.807) is 32.9 Å². The van der Waals surface area contributed by atoms with E-state index in [0.29, 0.717) is 10.0 Å². The molecule has 1 aromatic carbocycles. The number of nitrogens with one attached hydrogen (secondary N) is 2. The normalized spacial score (nSPS) is 12.2. The van der Waals surface area contributed by atoms with E-state index in [4.69, 9.17) is 4.74 Å². The summed E-state index contributed by atoms with van der Waals surface area (Å²) in [7, 11) is -3.74. The van der Waals surface area contributed by atoms with Crippen molar-refractivity contribution in [2.24, 2.45) is 5.10 Å². The Labute approximate surface area is 156 Å². The van der Waals surface area contributed by atoms with Crippen LogP contribution in [0.2, 0.25) is 0 Å². The lowest BCUT2D eigenvalue weighted by atomic mass is 10.2. The number of carbonyl (C=O) groups excluding carboxylic acids is 1. The van der Waals surface area contributed by atoms with Crippen LogP contribution >= 0.6 is 11.3 Å². The number of aromatic nitrogens is 1. The Morgan fingerprint density at radius 2 is 1.92 bits per heavy atom. The Kier molecular flexibility index (Phi) is 5.98. The van der Waals surface area contributed by atoms with Gasteiger partial charge in [0.1, 0.15) is 15.6 Å². The van der Waals surface area contributed by atoms with Gasteiger partial charge in [0.2, 0.25) is 0 Å². The topological polar surface area (TPSA) is 110 Å². The van der Waals surface area contributed by atoms with Gasteiger partial charge in [-0.1, -0.05) is 29.0 Å². The molecule has 1 aromatic heterocycles. The number of anilines is 1. The number of hydrazone groups is 1. The van der Waals surface area contributed by atoms with Crippen molar-refractivity contribution >= 4 is 38.7 Å². The zero-order valence-electron chi connectivity index (χ0n) is 14.8. The second-order valence-corrected chi connectivity index (χ2v) is 9.08. The summed E-state index contributed by atoms with van der Waals surface area (Å²) in [5.41, 5.74) is 0.355. The number of sulfonamides is 1. The Balaban J connectivity index is 1.96. The van der Waals surface area contributed by atoms with Crippen LogP contribution in [-0.2, 0) is 14.8 Å². The summed E-state index contributed by atoms with van der Waals surface area (Å²) in [5.74, 6) is 0. The van der Waals surface area contributed by atoms with Crippen LogP contribution < -0.4 is 10.1 Å². The minimum absolute atomic E-state index is 0.117. The molecule has 8 nitrogen and oxygen atoms in total. The average molecular weight is 396 g/mol. The molecule has 0 aliphatic rings. The Morgan fingerprint density at radius 1 is 1.27 bits per heavy atom. The van der Waals surface area contributed by atoms with E-state index in [-0.39, 0.29) is 4.90 Å². The van der Waals surface area contributed by atoms with E-state index in [0.717, 1.165) is 16.9 Å². The lowest BCUT2D eigenvalue weighted by Crippen LogP contribution is -2.26. The molecule has 0 spiro atoms. The molecule has 0 fully saturated rings. The molecule has 0 saturated carbocycles. The van der Waals surface area contributed by atoms with Gasteiger partial charge in [0.05, 0.1) is 17.3 Å². The van der Waals surface area contributed by atoms with Gasteiger partial charge >= 0.3 is 6.09 Å². The van der Waals surface area contributed by atoms with Crippen LogP contribution in [0.25, 0.3) is 0 Å². The van der Waals surface area contributed by atoms with E-state index in [1.807, 2.05) is 6.92 Å². The lowest BCUT2D eigenvalue weighted by molar-refractivity contribution is 0.0636. The highest BCUT2D eigenvalue weighted by Crippen LogP contribution is 2.18. The highest BCUT2D eigenvalue weighted by Gasteiger charge is 2.17. The first-order valence-corrected chi connectivity index (χ1v) is 9.92. The van der Waals surface area contributed by atoms with Gasteiger partial charge < -0.3 is 4.74 Å². The number of benzene rings is 1. The number of amides is 1. The zero-order chi connectivity index (χ0) is 19.4. The van der Waals surface area contributed by atoms with Crippen molar-refractivity contribution in [1.82, 2.24) is 9.82 Å². The van der Waals surface area contributed by atoms with Gasteiger partial charge in [-0.2, -0.15) is 18.4 Å². The third-order valence-corrected chi connectivity index (χ3v) is 4.91. The molecule has 2 N–H and O–H groups in total. The van der Waals surface area contributed by atoms with Crippen LogP contribution in [0.5, 0.6) is 0 Å². The summed E-state index contributed by atoms with van der Waals surface area (Å²) in [5, 5.41) is 7.14. The molecule has 0 unspecified atom stereocenters. The quantitative estimate of drug-likeness (QED) is 0.596. The SMILES string of the molecule is Cc1ccc(S(=O)(=O)NN=Cc2ncc(NC(=O)OC(C)(C)C)s2)cc1. The Bertz CT molecular complexity index is 897. The maximum absolute atomic E-state index is 12.1. The first-order valence-electron chi connectivity index (χ1n) is 7.62. The summed E-state index contributed by atoms with van der Waals surface area (Å²) in [4.78, 5) is 18.0. The van der Waals surface area contributed by atoms with Gasteiger partial charge in [0.15, 0.2) is 0 Å². The fraction of sp³-hybridized carbons (Fsp3) is 0.312. The number of ether oxygens (including phenoxy) is 1. The molecule has 0 aliphatic carbocycles. The molecule has 0 atom stereocenters. The molecule has 0 radical (unpaired) electrons. The predicted octanol–water partition coefficient (Wildman–Crippen LogP) is 3.11. The summed E-state index contributed by atoms with van der Waals surface area (Å²) in [6.45, 7) is 7.15. The van der Waals surface area contributed by atoms with Crippen molar-refractivity contribution in [2.45, 2.75) is 38.2 Å². The third kappa shape index (κ3) is 6.12. The number of aryl methyl sites for hydroxylation is 1. The third-order valence-electron chi connectivity index (χ3n) is 2.83. The van der Waals surface area contributed by atoms with Gasteiger partial charge in [0.25, 0.3) is 10.0 Å². The van der Waals surface area contributed by atoms with Crippen molar-refractivity contribution in [1.29, 1.82) is 0 Å². The fourth-order valence-corrected chi connectivity index (χ4v) is 3.20. The second kappa shape index (κ2) is 7.83. The fourth-order valence-electron chi connectivity index (χ4n) is 1.73. The van der Waals surface area contributed by atoms with E-state index in [1.165, 1.54) is 24.5 Å². The number of carbonyl (C=O) groups is 1. The Morgan fingerprint density at radius 3 is 2.54 bits per heavy atom. The van der Waals surface area contributed by atoms with Crippen molar-refractivity contribution in [3.63, 3.8) is 0 Å². The Hall–Kier alpha value is -2.46. The van der Waals surface area contributed by atoms with E-state index >= 15 is 0 Å². The van der Waals surface area contributed by atoms with Crippen molar-refractivity contribution in [2.75, 3.05) is 5.32 Å². The minimum Gasteiger partial charge on any atom is -0.444 e. The average Bonchev–Trinajstić information content (AvgIpc) is 2.92. The van der Waals surface area contributed by atoms with Crippen molar-refractivity contribution in [3.05, 3.63) is 41.0 Å². The number of hydrogen-bond acceptors (Lipinski definition) is 7. The molecule has 0 saturated heterocycles. The number of hydrogen-bond donors (Lipinski definition) is 2. The molecule has 2 aromatic rings. The standard InChI is InChI=1S/C16H20N4O4S2/c1-11-5-7-12(8-6-11)26(22,23)20-18-10-13-17-9-14(25-13)19-15(21)24-16(2,3)4/h5-10,20H,1-4H3,(H,19,21). The number of rotatable bonds is 5. The van der Waals surface area contributed by atoms with E-state index < -0.39 is 21.7 Å². The minimum atomic E-state index is -3.74. The van der Waals surface area contributed by atoms with Crippen LogP contribution in [0, 0.1) is 6.92 Å². The van der Waals surface area contributed by atoms with Crippen molar-refractivity contribution in [3.8, 4) is 0 Å². The molecule has 0 bridgehead atoms. The molecule has 10 heteroatoms. The maximum Gasteiger partial charge on any atom is 0.412 e. The molecule has 140 valence electrons. The summed E-state index contributed by atoms with van der Waals surface area (Å²) in [6, 6.07) is 6.40. The zero-order valence-corrected chi connectivity index (χ0v) is 16.4. The first kappa shape index (κ1) is 19.9. The lowest BCUT2D eigenvalue weighted by Gasteiger charge is -2.19. The summed E-state index contributed by atoms with van der Waals surface area (Å²) >= 11 is 1.13. The van der Waals surface area contributed by atoms with E-state index in [9.17, 15) is 13.2 Å². The molecule has 26 heavy (non-hydrogen) atoms. The van der Waals surface area contributed by atoms with Crippen LogP contribution in [-0.4, -0.2) is 31.3 Å². The van der Waals surface area contributed by atoms with Crippen molar-refractivity contribution < 1.29 is 17.9 Å². The van der Waals surface area contributed by atoms with Crippen LogP contribution in [0.3, 0.4) is 0 Å².